The zero-order valence-electron chi connectivity index (χ0n) is 17.5. The van der Waals surface area contributed by atoms with Crippen LogP contribution in [0, 0.1) is 6.92 Å². The first-order valence-electron chi connectivity index (χ1n) is 9.74. The van der Waals surface area contributed by atoms with Crippen molar-refractivity contribution in [2.24, 2.45) is 0 Å². The summed E-state index contributed by atoms with van der Waals surface area (Å²) in [4.78, 5) is 16.9. The van der Waals surface area contributed by atoms with Gasteiger partial charge in [0.2, 0.25) is 11.8 Å². The zero-order valence-corrected chi connectivity index (χ0v) is 17.5. The van der Waals surface area contributed by atoms with Crippen LogP contribution in [0.3, 0.4) is 0 Å². The molecule has 4 rings (SSSR count). The molecule has 4 aromatic rings. The SMILES string of the molecule is COc1ccc(/C=C/C(=O)Nc2ccc3nc(-c4cccc(C)c4)oc3c2)cc1OC. The predicted molar refractivity (Wildman–Crippen MR) is 121 cm³/mol. The van der Waals surface area contributed by atoms with Gasteiger partial charge in [0, 0.05) is 23.4 Å². The topological polar surface area (TPSA) is 73.6 Å². The van der Waals surface area contributed by atoms with Crippen LogP contribution in [-0.2, 0) is 4.79 Å². The van der Waals surface area contributed by atoms with Crippen LogP contribution >= 0.6 is 0 Å². The van der Waals surface area contributed by atoms with Crippen LogP contribution in [0.5, 0.6) is 11.5 Å². The summed E-state index contributed by atoms with van der Waals surface area (Å²) in [5, 5.41) is 2.84. The Kier molecular flexibility index (Phi) is 5.71. The Morgan fingerprint density at radius 2 is 1.84 bits per heavy atom. The molecule has 6 nitrogen and oxygen atoms in total. The predicted octanol–water partition coefficient (Wildman–Crippen LogP) is 5.47. The lowest BCUT2D eigenvalue weighted by Gasteiger charge is -2.07. The lowest BCUT2D eigenvalue weighted by atomic mass is 10.1. The van der Waals surface area contributed by atoms with Crippen molar-refractivity contribution in [2.45, 2.75) is 6.92 Å². The normalized spacial score (nSPS) is 11.1. The molecule has 0 atom stereocenters. The van der Waals surface area contributed by atoms with E-state index >= 15 is 0 Å². The standard InChI is InChI=1S/C25H22N2O4/c1-16-5-4-6-18(13-16)25-27-20-10-9-19(15-22(20)31-25)26-24(28)12-8-17-7-11-21(29-2)23(14-17)30-3/h4-15H,1-3H3,(H,26,28)/b12-8+. The second-order valence-corrected chi connectivity index (χ2v) is 7.01. The van der Waals surface area contributed by atoms with Gasteiger partial charge in [-0.15, -0.1) is 0 Å². The quantitative estimate of drug-likeness (QED) is 0.423. The third kappa shape index (κ3) is 4.59. The van der Waals surface area contributed by atoms with Gasteiger partial charge in [0.1, 0.15) is 5.52 Å². The van der Waals surface area contributed by atoms with Crippen LogP contribution in [0.25, 0.3) is 28.6 Å². The number of nitrogens with zero attached hydrogens (tertiary/aromatic N) is 1. The Morgan fingerprint density at radius 1 is 1.00 bits per heavy atom. The summed E-state index contributed by atoms with van der Waals surface area (Å²) in [7, 11) is 3.15. The molecule has 31 heavy (non-hydrogen) atoms. The van der Waals surface area contributed by atoms with E-state index in [2.05, 4.69) is 10.3 Å². The number of oxazole rings is 1. The summed E-state index contributed by atoms with van der Waals surface area (Å²) in [5.74, 6) is 1.53. The number of rotatable bonds is 6. The Hall–Kier alpha value is -4.06. The van der Waals surface area contributed by atoms with Crippen LogP contribution in [0.4, 0.5) is 5.69 Å². The van der Waals surface area contributed by atoms with Gasteiger partial charge < -0.3 is 19.2 Å². The van der Waals surface area contributed by atoms with E-state index in [4.69, 9.17) is 13.9 Å². The number of ether oxygens (including phenoxy) is 2. The molecule has 6 heteroatoms. The molecular formula is C25H22N2O4. The Balaban J connectivity index is 1.49. The molecule has 3 aromatic carbocycles. The molecule has 0 saturated carbocycles. The highest BCUT2D eigenvalue weighted by Gasteiger charge is 2.10. The Bertz CT molecular complexity index is 1270. The number of hydrogen-bond donors (Lipinski definition) is 1. The van der Waals surface area contributed by atoms with Crippen LogP contribution in [0.15, 0.2) is 71.2 Å². The molecule has 0 bridgehead atoms. The highest BCUT2D eigenvalue weighted by molar-refractivity contribution is 6.02. The lowest BCUT2D eigenvalue weighted by molar-refractivity contribution is -0.111. The van der Waals surface area contributed by atoms with Crippen LogP contribution in [0.1, 0.15) is 11.1 Å². The van der Waals surface area contributed by atoms with Crippen molar-refractivity contribution < 1.29 is 18.7 Å². The summed E-state index contributed by atoms with van der Waals surface area (Å²) < 4.78 is 16.4. The smallest absolute Gasteiger partial charge is 0.248 e. The third-order valence-electron chi connectivity index (χ3n) is 4.76. The molecule has 0 aliphatic carbocycles. The summed E-state index contributed by atoms with van der Waals surface area (Å²) in [5.41, 5.74) is 4.84. The molecule has 1 amide bonds. The average Bonchev–Trinajstić information content (AvgIpc) is 3.21. The minimum atomic E-state index is -0.257. The minimum absolute atomic E-state index is 0.257. The monoisotopic (exact) mass is 414 g/mol. The van der Waals surface area contributed by atoms with Gasteiger partial charge in [0.15, 0.2) is 17.1 Å². The van der Waals surface area contributed by atoms with E-state index < -0.39 is 0 Å². The van der Waals surface area contributed by atoms with E-state index in [1.807, 2.05) is 43.3 Å². The second-order valence-electron chi connectivity index (χ2n) is 7.01. The Morgan fingerprint density at radius 3 is 2.61 bits per heavy atom. The Labute approximate surface area is 180 Å². The molecule has 1 heterocycles. The maximum atomic E-state index is 12.4. The van der Waals surface area contributed by atoms with Gasteiger partial charge in [-0.3, -0.25) is 4.79 Å². The van der Waals surface area contributed by atoms with E-state index in [-0.39, 0.29) is 5.91 Å². The molecule has 1 aromatic heterocycles. The minimum Gasteiger partial charge on any atom is -0.493 e. The summed E-state index contributed by atoms with van der Waals surface area (Å²) in [6.45, 7) is 2.02. The fourth-order valence-corrected chi connectivity index (χ4v) is 3.22. The van der Waals surface area contributed by atoms with Crippen molar-refractivity contribution in [3.8, 4) is 23.0 Å². The number of fused-ring (bicyclic) bond motifs is 1. The first-order chi connectivity index (χ1) is 15.1. The molecule has 0 fully saturated rings. The number of amides is 1. The van der Waals surface area contributed by atoms with Gasteiger partial charge in [-0.1, -0.05) is 23.8 Å². The van der Waals surface area contributed by atoms with E-state index in [1.54, 1.807) is 44.6 Å². The van der Waals surface area contributed by atoms with Gasteiger partial charge in [-0.25, -0.2) is 4.98 Å². The maximum absolute atomic E-state index is 12.4. The largest absolute Gasteiger partial charge is 0.493 e. The number of anilines is 1. The molecule has 1 N–H and O–H groups in total. The number of methoxy groups -OCH3 is 2. The van der Waals surface area contributed by atoms with Crippen LogP contribution < -0.4 is 14.8 Å². The van der Waals surface area contributed by atoms with Gasteiger partial charge >= 0.3 is 0 Å². The molecule has 0 aliphatic rings. The van der Waals surface area contributed by atoms with Gasteiger partial charge in [-0.2, -0.15) is 0 Å². The number of nitrogens with one attached hydrogen (secondary N) is 1. The fourth-order valence-electron chi connectivity index (χ4n) is 3.22. The molecule has 156 valence electrons. The van der Waals surface area contributed by atoms with Crippen molar-refractivity contribution in [3.05, 3.63) is 77.9 Å². The zero-order chi connectivity index (χ0) is 21.8. The average molecular weight is 414 g/mol. The molecule has 0 spiro atoms. The fraction of sp³-hybridized carbons (Fsp3) is 0.120. The van der Waals surface area contributed by atoms with Crippen molar-refractivity contribution in [2.75, 3.05) is 19.5 Å². The van der Waals surface area contributed by atoms with E-state index in [9.17, 15) is 4.79 Å². The number of hydrogen-bond acceptors (Lipinski definition) is 5. The van der Waals surface area contributed by atoms with Crippen molar-refractivity contribution in [3.63, 3.8) is 0 Å². The van der Waals surface area contributed by atoms with Gasteiger partial charge in [0.05, 0.1) is 14.2 Å². The first-order valence-corrected chi connectivity index (χ1v) is 9.74. The number of benzene rings is 3. The third-order valence-corrected chi connectivity index (χ3v) is 4.76. The van der Waals surface area contributed by atoms with E-state index in [0.717, 1.165) is 22.2 Å². The highest BCUT2D eigenvalue weighted by atomic mass is 16.5. The number of carbonyl (C=O) groups excluding carboxylic acids is 1. The number of aryl methyl sites for hydroxylation is 1. The first kappa shape index (κ1) is 20.2. The van der Waals surface area contributed by atoms with Gasteiger partial charge in [0.25, 0.3) is 0 Å². The molecule has 0 aliphatic heterocycles. The van der Waals surface area contributed by atoms with Crippen molar-refractivity contribution in [1.82, 2.24) is 4.98 Å². The second kappa shape index (κ2) is 8.75. The van der Waals surface area contributed by atoms with E-state index in [0.29, 0.717) is 28.7 Å². The molecule has 0 radical (unpaired) electrons. The summed E-state index contributed by atoms with van der Waals surface area (Å²) in [6, 6.07) is 18.8. The highest BCUT2D eigenvalue weighted by Crippen LogP contribution is 2.28. The van der Waals surface area contributed by atoms with Gasteiger partial charge in [-0.05, 0) is 55.0 Å². The summed E-state index contributed by atoms with van der Waals surface area (Å²) in [6.07, 6.45) is 3.17. The van der Waals surface area contributed by atoms with E-state index in [1.165, 1.54) is 6.08 Å². The molecule has 0 unspecified atom stereocenters. The molecule has 0 saturated heterocycles. The van der Waals surface area contributed by atoms with Crippen LogP contribution in [-0.4, -0.2) is 25.1 Å². The lowest BCUT2D eigenvalue weighted by Crippen LogP contribution is -2.07. The van der Waals surface area contributed by atoms with Crippen molar-refractivity contribution in [1.29, 1.82) is 0 Å². The maximum Gasteiger partial charge on any atom is 0.248 e. The molecular weight excluding hydrogens is 392 g/mol. The number of carbonyl (C=O) groups is 1. The van der Waals surface area contributed by atoms with Crippen LogP contribution in [0.2, 0.25) is 0 Å². The number of aromatic nitrogens is 1. The van der Waals surface area contributed by atoms with Crippen molar-refractivity contribution >= 4 is 28.8 Å². The summed E-state index contributed by atoms with van der Waals surface area (Å²) >= 11 is 0.